The Bertz CT molecular complexity index is 207. The van der Waals surface area contributed by atoms with Crippen LogP contribution in [0.3, 0.4) is 0 Å². The lowest BCUT2D eigenvalue weighted by atomic mass is 10.2. The highest BCUT2D eigenvalue weighted by Gasteiger charge is 2.33. The van der Waals surface area contributed by atoms with Crippen LogP contribution in [-0.2, 0) is 4.74 Å². The first kappa shape index (κ1) is 11.7. The highest BCUT2D eigenvalue weighted by molar-refractivity contribution is 8.00. The van der Waals surface area contributed by atoms with Crippen molar-refractivity contribution in [2.24, 2.45) is 0 Å². The van der Waals surface area contributed by atoms with E-state index in [9.17, 15) is 4.79 Å². The van der Waals surface area contributed by atoms with E-state index in [4.69, 9.17) is 4.74 Å². The minimum atomic E-state index is -0.375. The Morgan fingerprint density at radius 1 is 1.50 bits per heavy atom. The summed E-state index contributed by atoms with van der Waals surface area (Å²) in [6.07, 6.45) is -0.176. The van der Waals surface area contributed by atoms with Crippen molar-refractivity contribution >= 4 is 17.9 Å². The molecule has 0 unspecified atom stereocenters. The average Bonchev–Trinajstić information content (AvgIpc) is 1.91. The lowest BCUT2D eigenvalue weighted by Crippen LogP contribution is -2.53. The van der Waals surface area contributed by atoms with Crippen molar-refractivity contribution in [2.75, 3.05) is 18.8 Å². The third-order valence-electron chi connectivity index (χ3n) is 1.90. The number of likely N-dealkylation sites (tertiary alicyclic amines) is 1. The summed E-state index contributed by atoms with van der Waals surface area (Å²) in [4.78, 5) is 13.2. The predicted octanol–water partition coefficient (Wildman–Crippen LogP) is 2.36. The average molecular weight is 217 g/mol. The van der Waals surface area contributed by atoms with E-state index in [1.807, 2.05) is 32.5 Å². The maximum absolute atomic E-state index is 11.5. The van der Waals surface area contributed by atoms with E-state index in [1.165, 1.54) is 0 Å². The van der Waals surface area contributed by atoms with Crippen LogP contribution in [0.4, 0.5) is 4.79 Å². The Morgan fingerprint density at radius 2 is 2.07 bits per heavy atom. The largest absolute Gasteiger partial charge is 0.444 e. The summed E-state index contributed by atoms with van der Waals surface area (Å²) in [5.74, 6) is 1.12. The molecule has 1 amide bonds. The normalized spacial score (nSPS) is 17.9. The van der Waals surface area contributed by atoms with Gasteiger partial charge in [-0.2, -0.15) is 11.8 Å². The fourth-order valence-electron chi connectivity index (χ4n) is 1.25. The first-order valence-corrected chi connectivity index (χ1v) is 6.07. The van der Waals surface area contributed by atoms with Crippen LogP contribution in [0.15, 0.2) is 0 Å². The fourth-order valence-corrected chi connectivity index (χ4v) is 2.30. The summed E-state index contributed by atoms with van der Waals surface area (Å²) < 4.78 is 5.25. The molecule has 3 nitrogen and oxygen atoms in total. The maximum Gasteiger partial charge on any atom is 0.410 e. The first-order valence-electron chi connectivity index (χ1n) is 5.02. The van der Waals surface area contributed by atoms with Crippen LogP contribution in [0, 0.1) is 0 Å². The molecule has 0 spiro atoms. The number of amides is 1. The first-order chi connectivity index (χ1) is 6.42. The van der Waals surface area contributed by atoms with E-state index in [0.29, 0.717) is 5.25 Å². The highest BCUT2D eigenvalue weighted by atomic mass is 32.2. The topological polar surface area (TPSA) is 29.5 Å². The van der Waals surface area contributed by atoms with Crippen molar-refractivity contribution in [1.29, 1.82) is 0 Å². The highest BCUT2D eigenvalue weighted by Crippen LogP contribution is 2.23. The van der Waals surface area contributed by atoms with Crippen LogP contribution < -0.4 is 0 Å². The van der Waals surface area contributed by atoms with Gasteiger partial charge in [0.05, 0.1) is 0 Å². The summed E-state index contributed by atoms with van der Waals surface area (Å²) >= 11 is 1.91. The van der Waals surface area contributed by atoms with E-state index < -0.39 is 0 Å². The van der Waals surface area contributed by atoms with Crippen LogP contribution in [0.2, 0.25) is 0 Å². The summed E-state index contributed by atoms with van der Waals surface area (Å²) in [7, 11) is 0. The van der Waals surface area contributed by atoms with E-state index in [-0.39, 0.29) is 11.7 Å². The zero-order valence-corrected chi connectivity index (χ0v) is 10.2. The molecule has 14 heavy (non-hydrogen) atoms. The van der Waals surface area contributed by atoms with Gasteiger partial charge in [0.25, 0.3) is 0 Å². The molecule has 0 aromatic carbocycles. The number of thioether (sulfide) groups is 1. The molecule has 0 bridgehead atoms. The van der Waals surface area contributed by atoms with Gasteiger partial charge in [0, 0.05) is 18.3 Å². The van der Waals surface area contributed by atoms with Gasteiger partial charge in [-0.25, -0.2) is 4.79 Å². The molecule has 0 radical (unpaired) electrons. The molecule has 0 atom stereocenters. The summed E-state index contributed by atoms with van der Waals surface area (Å²) in [6, 6.07) is 0. The van der Waals surface area contributed by atoms with Gasteiger partial charge < -0.3 is 9.64 Å². The molecule has 82 valence electrons. The van der Waals surface area contributed by atoms with Crippen molar-refractivity contribution in [3.63, 3.8) is 0 Å². The molecule has 1 heterocycles. The second kappa shape index (κ2) is 4.43. The molecular weight excluding hydrogens is 198 g/mol. The number of hydrogen-bond donors (Lipinski definition) is 0. The standard InChI is InChI=1S/C10H19NO2S/c1-5-14-8-6-11(7-8)9(12)13-10(2,3)4/h8H,5-7H2,1-4H3. The third kappa shape index (κ3) is 3.40. The molecule has 1 rings (SSSR count). The smallest absolute Gasteiger partial charge is 0.410 e. The molecule has 1 aliphatic heterocycles. The second-order valence-electron chi connectivity index (χ2n) is 4.46. The third-order valence-corrected chi connectivity index (χ3v) is 3.00. The van der Waals surface area contributed by atoms with Gasteiger partial charge in [-0.05, 0) is 26.5 Å². The number of ether oxygens (including phenoxy) is 1. The Kier molecular flexibility index (Phi) is 3.70. The molecule has 4 heteroatoms. The van der Waals surface area contributed by atoms with Crippen LogP contribution in [-0.4, -0.2) is 40.7 Å². The lowest BCUT2D eigenvalue weighted by Gasteiger charge is -2.39. The summed E-state index contributed by atoms with van der Waals surface area (Å²) in [6.45, 7) is 9.50. The van der Waals surface area contributed by atoms with Gasteiger partial charge in [0.2, 0.25) is 0 Å². The Hall–Kier alpha value is -0.380. The summed E-state index contributed by atoms with van der Waals surface area (Å²) in [5.41, 5.74) is -0.375. The Morgan fingerprint density at radius 3 is 2.50 bits per heavy atom. The molecule has 0 aliphatic carbocycles. The molecular formula is C10H19NO2S. The molecule has 0 aromatic rings. The van der Waals surface area contributed by atoms with Gasteiger partial charge >= 0.3 is 6.09 Å². The minimum absolute atomic E-state index is 0.176. The van der Waals surface area contributed by atoms with E-state index in [1.54, 1.807) is 4.90 Å². The molecule has 1 saturated heterocycles. The summed E-state index contributed by atoms with van der Waals surface area (Å²) in [5, 5.41) is 0.618. The fraction of sp³-hybridized carbons (Fsp3) is 0.900. The van der Waals surface area contributed by atoms with Gasteiger partial charge in [0.1, 0.15) is 5.60 Å². The Labute approximate surface area is 90.2 Å². The van der Waals surface area contributed by atoms with Crippen LogP contribution in [0.1, 0.15) is 27.7 Å². The number of rotatable bonds is 2. The van der Waals surface area contributed by atoms with Crippen molar-refractivity contribution < 1.29 is 9.53 Å². The van der Waals surface area contributed by atoms with E-state index >= 15 is 0 Å². The SMILES string of the molecule is CCSC1CN(C(=O)OC(C)(C)C)C1. The van der Waals surface area contributed by atoms with Gasteiger partial charge in [-0.1, -0.05) is 6.92 Å². The zero-order valence-electron chi connectivity index (χ0n) is 9.37. The number of hydrogen-bond acceptors (Lipinski definition) is 3. The van der Waals surface area contributed by atoms with Crippen molar-refractivity contribution in [3.8, 4) is 0 Å². The predicted molar refractivity (Wildman–Crippen MR) is 59.7 cm³/mol. The number of nitrogens with zero attached hydrogens (tertiary/aromatic N) is 1. The van der Waals surface area contributed by atoms with Crippen molar-refractivity contribution in [3.05, 3.63) is 0 Å². The van der Waals surface area contributed by atoms with Crippen LogP contribution >= 0.6 is 11.8 Å². The van der Waals surface area contributed by atoms with Gasteiger partial charge in [0.15, 0.2) is 0 Å². The van der Waals surface area contributed by atoms with E-state index in [0.717, 1.165) is 18.8 Å². The Balaban J connectivity index is 2.23. The molecule has 1 fully saturated rings. The molecule has 0 saturated carbocycles. The minimum Gasteiger partial charge on any atom is -0.444 e. The van der Waals surface area contributed by atoms with Crippen molar-refractivity contribution in [1.82, 2.24) is 4.90 Å². The number of carbonyl (C=O) groups excluding carboxylic acids is 1. The lowest BCUT2D eigenvalue weighted by molar-refractivity contribution is 0.0144. The molecule has 1 aliphatic rings. The van der Waals surface area contributed by atoms with Crippen molar-refractivity contribution in [2.45, 2.75) is 38.5 Å². The maximum atomic E-state index is 11.5. The number of carbonyl (C=O) groups is 1. The van der Waals surface area contributed by atoms with E-state index in [2.05, 4.69) is 6.92 Å². The van der Waals surface area contributed by atoms with Crippen LogP contribution in [0.5, 0.6) is 0 Å². The van der Waals surface area contributed by atoms with Gasteiger partial charge in [-0.15, -0.1) is 0 Å². The second-order valence-corrected chi connectivity index (χ2v) is 6.04. The van der Waals surface area contributed by atoms with Crippen LogP contribution in [0.25, 0.3) is 0 Å². The zero-order chi connectivity index (χ0) is 10.8. The molecule has 0 aromatic heterocycles. The van der Waals surface area contributed by atoms with Gasteiger partial charge in [-0.3, -0.25) is 0 Å². The molecule has 0 N–H and O–H groups in total. The monoisotopic (exact) mass is 217 g/mol. The quantitative estimate of drug-likeness (QED) is 0.711.